The Balaban J connectivity index is 0.000000260. The molecule has 2 heterocycles. The molecule has 0 saturated heterocycles. The van der Waals surface area contributed by atoms with E-state index in [1.54, 1.807) is 0 Å². The summed E-state index contributed by atoms with van der Waals surface area (Å²) in [6, 6.07) is 10.5. The summed E-state index contributed by atoms with van der Waals surface area (Å²) >= 11 is 0. The molecule has 0 aliphatic carbocycles. The van der Waals surface area contributed by atoms with Crippen molar-refractivity contribution in [3.05, 3.63) is 65.8 Å². The Morgan fingerprint density at radius 3 is 2.38 bits per heavy atom. The Hall–Kier alpha value is -3.40. The first-order valence-corrected chi connectivity index (χ1v) is 8.16. The molecule has 0 amide bonds. The maximum Gasteiger partial charge on any atom is 0.328 e. The van der Waals surface area contributed by atoms with Gasteiger partial charge in [0.2, 0.25) is 0 Å². The van der Waals surface area contributed by atoms with Crippen LogP contribution in [0.3, 0.4) is 0 Å². The molecule has 2 N–H and O–H groups in total. The number of carbonyl (C=O) groups is 2. The van der Waals surface area contributed by atoms with Gasteiger partial charge >= 0.3 is 11.9 Å². The largest absolute Gasteiger partial charge is 0.478 e. The predicted octanol–water partition coefficient (Wildman–Crippen LogP) is 2.78. The lowest BCUT2D eigenvalue weighted by molar-refractivity contribution is -0.134. The Morgan fingerprint density at radius 2 is 1.81 bits per heavy atom. The summed E-state index contributed by atoms with van der Waals surface area (Å²) in [7, 11) is 0. The Kier molecular flexibility index (Phi) is 6.68. The highest BCUT2D eigenvalue weighted by Gasteiger charge is 2.19. The smallest absolute Gasteiger partial charge is 0.328 e. The molecule has 1 aliphatic heterocycles. The van der Waals surface area contributed by atoms with E-state index in [2.05, 4.69) is 27.8 Å². The molecule has 134 valence electrons. The molecule has 1 aromatic carbocycles. The zero-order valence-electron chi connectivity index (χ0n) is 14.1. The van der Waals surface area contributed by atoms with Crippen molar-refractivity contribution in [3.8, 4) is 6.07 Å². The van der Waals surface area contributed by atoms with Crippen LogP contribution < -0.4 is 0 Å². The van der Waals surface area contributed by atoms with Crippen LogP contribution in [0.25, 0.3) is 0 Å². The minimum Gasteiger partial charge on any atom is -0.478 e. The van der Waals surface area contributed by atoms with Crippen LogP contribution in [-0.4, -0.2) is 31.7 Å². The second-order valence-corrected chi connectivity index (χ2v) is 5.80. The first kappa shape index (κ1) is 18.9. The molecule has 0 fully saturated rings. The second-order valence-electron chi connectivity index (χ2n) is 5.80. The molecule has 0 saturated carbocycles. The van der Waals surface area contributed by atoms with Gasteiger partial charge in [0.1, 0.15) is 0 Å². The van der Waals surface area contributed by atoms with E-state index in [0.717, 1.165) is 18.4 Å². The number of imidazole rings is 1. The lowest BCUT2D eigenvalue weighted by Gasteiger charge is -2.18. The van der Waals surface area contributed by atoms with E-state index in [1.165, 1.54) is 24.1 Å². The molecule has 1 aromatic heterocycles. The SMILES string of the molecule is N#Cc1ccc(C2CCCCc3cncn32)cc1.O=C(O)/C=C/C(=O)O. The van der Waals surface area contributed by atoms with Crippen molar-refractivity contribution in [3.63, 3.8) is 0 Å². The molecule has 7 nitrogen and oxygen atoms in total. The van der Waals surface area contributed by atoms with Gasteiger partial charge in [0.15, 0.2) is 0 Å². The van der Waals surface area contributed by atoms with Gasteiger partial charge in [-0.1, -0.05) is 18.6 Å². The molecule has 26 heavy (non-hydrogen) atoms. The van der Waals surface area contributed by atoms with E-state index < -0.39 is 11.9 Å². The summed E-state index contributed by atoms with van der Waals surface area (Å²) in [5.74, 6) is -2.51. The fourth-order valence-corrected chi connectivity index (χ4v) is 2.84. The Labute approximate surface area is 150 Å². The maximum atomic E-state index is 9.55. The monoisotopic (exact) mass is 353 g/mol. The highest BCUT2D eigenvalue weighted by molar-refractivity contribution is 5.89. The zero-order valence-corrected chi connectivity index (χ0v) is 14.1. The molecule has 7 heteroatoms. The molecule has 0 spiro atoms. The van der Waals surface area contributed by atoms with Gasteiger partial charge in [-0.3, -0.25) is 0 Å². The van der Waals surface area contributed by atoms with Crippen molar-refractivity contribution >= 4 is 11.9 Å². The van der Waals surface area contributed by atoms with Gasteiger partial charge in [-0.2, -0.15) is 5.26 Å². The Morgan fingerprint density at radius 1 is 1.15 bits per heavy atom. The molecule has 2 aromatic rings. The predicted molar refractivity (Wildman–Crippen MR) is 93.5 cm³/mol. The molecular weight excluding hydrogens is 334 g/mol. The van der Waals surface area contributed by atoms with E-state index in [4.69, 9.17) is 15.5 Å². The number of aromatic nitrogens is 2. The van der Waals surface area contributed by atoms with Crippen molar-refractivity contribution in [2.75, 3.05) is 0 Å². The van der Waals surface area contributed by atoms with Crippen LogP contribution in [0.5, 0.6) is 0 Å². The number of rotatable bonds is 3. The topological polar surface area (TPSA) is 116 Å². The van der Waals surface area contributed by atoms with Gasteiger partial charge in [0, 0.05) is 24.0 Å². The lowest BCUT2D eigenvalue weighted by atomic mass is 10.0. The van der Waals surface area contributed by atoms with E-state index in [0.29, 0.717) is 18.2 Å². The lowest BCUT2D eigenvalue weighted by Crippen LogP contribution is -2.10. The van der Waals surface area contributed by atoms with Gasteiger partial charge < -0.3 is 14.8 Å². The quantitative estimate of drug-likeness (QED) is 0.820. The number of hydrogen-bond acceptors (Lipinski definition) is 4. The average Bonchev–Trinajstić information content (AvgIpc) is 3.00. The van der Waals surface area contributed by atoms with Crippen molar-refractivity contribution in [1.29, 1.82) is 5.26 Å². The number of aryl methyl sites for hydroxylation is 1. The number of benzene rings is 1. The van der Waals surface area contributed by atoms with Gasteiger partial charge in [-0.05, 0) is 37.0 Å². The fraction of sp³-hybridized carbons (Fsp3) is 0.263. The highest BCUT2D eigenvalue weighted by Crippen LogP contribution is 2.29. The molecule has 1 aliphatic rings. The number of nitriles is 1. The van der Waals surface area contributed by atoms with Gasteiger partial charge in [0.05, 0.1) is 24.0 Å². The molecule has 1 unspecified atom stereocenters. The van der Waals surface area contributed by atoms with Crippen LogP contribution >= 0.6 is 0 Å². The minimum atomic E-state index is -1.26. The zero-order chi connectivity index (χ0) is 18.9. The number of carboxylic acid groups (broad SMARTS) is 2. The number of carboxylic acids is 2. The minimum absolute atomic E-state index is 0.373. The van der Waals surface area contributed by atoms with Crippen LogP contribution in [0.2, 0.25) is 0 Å². The Bertz CT molecular complexity index is 815. The van der Waals surface area contributed by atoms with Crippen molar-refractivity contribution < 1.29 is 19.8 Å². The van der Waals surface area contributed by atoms with E-state index in [9.17, 15) is 9.59 Å². The van der Waals surface area contributed by atoms with E-state index in [-0.39, 0.29) is 0 Å². The van der Waals surface area contributed by atoms with Crippen LogP contribution in [-0.2, 0) is 16.0 Å². The number of nitrogens with zero attached hydrogens (tertiary/aromatic N) is 3. The van der Waals surface area contributed by atoms with Crippen LogP contribution in [0.1, 0.15) is 42.1 Å². The van der Waals surface area contributed by atoms with Crippen LogP contribution in [0.4, 0.5) is 0 Å². The maximum absolute atomic E-state index is 9.55. The molecule has 1 atom stereocenters. The second kappa shape index (κ2) is 9.18. The third-order valence-corrected chi connectivity index (χ3v) is 4.04. The van der Waals surface area contributed by atoms with E-state index in [1.807, 2.05) is 24.7 Å². The normalized spacial score (nSPS) is 15.9. The van der Waals surface area contributed by atoms with E-state index >= 15 is 0 Å². The molecule has 3 rings (SSSR count). The molecule has 0 radical (unpaired) electrons. The molecular formula is C19H19N3O4. The van der Waals surface area contributed by atoms with Crippen molar-refractivity contribution in [2.24, 2.45) is 0 Å². The van der Waals surface area contributed by atoms with Crippen LogP contribution in [0, 0.1) is 11.3 Å². The summed E-state index contributed by atoms with van der Waals surface area (Å²) in [4.78, 5) is 23.4. The van der Waals surface area contributed by atoms with Gasteiger partial charge in [-0.25, -0.2) is 14.6 Å². The van der Waals surface area contributed by atoms with Crippen molar-refractivity contribution in [1.82, 2.24) is 9.55 Å². The number of hydrogen-bond donors (Lipinski definition) is 2. The summed E-state index contributed by atoms with van der Waals surface area (Å²) in [6.07, 6.45) is 9.77. The first-order valence-electron chi connectivity index (χ1n) is 8.16. The molecule has 0 bridgehead atoms. The summed E-state index contributed by atoms with van der Waals surface area (Å²) in [5.41, 5.74) is 3.32. The average molecular weight is 353 g/mol. The summed E-state index contributed by atoms with van der Waals surface area (Å²) in [6.45, 7) is 0. The number of fused-ring (bicyclic) bond motifs is 1. The summed E-state index contributed by atoms with van der Waals surface area (Å²) in [5, 5.41) is 24.5. The third-order valence-electron chi connectivity index (χ3n) is 4.04. The summed E-state index contributed by atoms with van der Waals surface area (Å²) < 4.78 is 2.29. The van der Waals surface area contributed by atoms with Gasteiger partial charge in [0.25, 0.3) is 0 Å². The first-order chi connectivity index (χ1) is 12.5. The standard InChI is InChI=1S/C15H15N3.C4H4O4/c16-9-12-5-7-13(8-6-12)15-4-2-1-3-14-10-17-11-18(14)15;5-3(6)1-2-4(7)8/h5-8,10-11,15H,1-4H2;1-2H,(H,5,6)(H,7,8)/b;2-1+. The van der Waals surface area contributed by atoms with Gasteiger partial charge in [-0.15, -0.1) is 0 Å². The third kappa shape index (κ3) is 5.31. The van der Waals surface area contributed by atoms with Crippen LogP contribution in [0.15, 0.2) is 48.9 Å². The highest BCUT2D eigenvalue weighted by atomic mass is 16.4. The fourth-order valence-electron chi connectivity index (χ4n) is 2.84. The number of aliphatic carboxylic acids is 2. The van der Waals surface area contributed by atoms with Crippen molar-refractivity contribution in [2.45, 2.75) is 31.7 Å².